The standard InChI is InChI=1S/C12H16N2.2ClH/c13-9-3-4-10-8(6-9)7-12-11(10)2-1-5-14-12;;/h3-4,6,11-12,14H,1-2,5,7,13H2;2*1H/t11-,12+;;/m0../s1. The van der Waals surface area contributed by atoms with Crippen LogP contribution in [0.25, 0.3) is 0 Å². The Kier molecular flexibility index (Phi) is 4.48. The Labute approximate surface area is 109 Å². The lowest BCUT2D eigenvalue weighted by molar-refractivity contribution is 0.372. The first-order chi connectivity index (χ1) is 6.84. The van der Waals surface area contributed by atoms with Crippen LogP contribution in [-0.4, -0.2) is 12.6 Å². The zero-order valence-electron chi connectivity index (χ0n) is 9.11. The highest BCUT2D eigenvalue weighted by molar-refractivity contribution is 5.85. The summed E-state index contributed by atoms with van der Waals surface area (Å²) >= 11 is 0. The van der Waals surface area contributed by atoms with Crippen molar-refractivity contribution in [2.75, 3.05) is 12.3 Å². The largest absolute Gasteiger partial charge is 0.399 e. The minimum Gasteiger partial charge on any atom is -0.399 e. The van der Waals surface area contributed by atoms with Gasteiger partial charge in [-0.25, -0.2) is 0 Å². The second kappa shape index (κ2) is 5.26. The minimum atomic E-state index is 0. The number of anilines is 1. The lowest BCUT2D eigenvalue weighted by atomic mass is 9.90. The van der Waals surface area contributed by atoms with Crippen LogP contribution in [0.15, 0.2) is 18.2 Å². The van der Waals surface area contributed by atoms with Gasteiger partial charge in [0.05, 0.1) is 0 Å². The van der Waals surface area contributed by atoms with E-state index < -0.39 is 0 Å². The third kappa shape index (κ3) is 2.15. The Morgan fingerprint density at radius 3 is 2.88 bits per heavy atom. The Bertz CT molecular complexity index is 368. The number of fused-ring (bicyclic) bond motifs is 3. The molecule has 1 saturated heterocycles. The van der Waals surface area contributed by atoms with E-state index in [2.05, 4.69) is 17.4 Å². The highest BCUT2D eigenvalue weighted by Crippen LogP contribution is 2.38. The van der Waals surface area contributed by atoms with Crippen molar-refractivity contribution < 1.29 is 0 Å². The predicted octanol–water partition coefficient (Wildman–Crippen LogP) is 2.50. The van der Waals surface area contributed by atoms with Gasteiger partial charge >= 0.3 is 0 Å². The molecule has 2 nitrogen and oxygen atoms in total. The molecule has 0 aromatic heterocycles. The molecule has 1 heterocycles. The van der Waals surface area contributed by atoms with Crippen LogP contribution in [0, 0.1) is 0 Å². The second-order valence-corrected chi connectivity index (χ2v) is 4.47. The van der Waals surface area contributed by atoms with Gasteiger partial charge in [0.1, 0.15) is 0 Å². The van der Waals surface area contributed by atoms with Crippen molar-refractivity contribution in [2.24, 2.45) is 0 Å². The maximum absolute atomic E-state index is 5.80. The van der Waals surface area contributed by atoms with Crippen LogP contribution < -0.4 is 11.1 Å². The van der Waals surface area contributed by atoms with Gasteiger partial charge in [-0.2, -0.15) is 0 Å². The molecule has 3 N–H and O–H groups in total. The molecule has 16 heavy (non-hydrogen) atoms. The fourth-order valence-corrected chi connectivity index (χ4v) is 2.94. The second-order valence-electron chi connectivity index (χ2n) is 4.47. The van der Waals surface area contributed by atoms with Crippen molar-refractivity contribution >= 4 is 30.5 Å². The zero-order chi connectivity index (χ0) is 9.54. The molecule has 1 aliphatic heterocycles. The summed E-state index contributed by atoms with van der Waals surface area (Å²) in [5.41, 5.74) is 9.71. The summed E-state index contributed by atoms with van der Waals surface area (Å²) in [6.45, 7) is 1.19. The molecule has 0 radical (unpaired) electrons. The Hall–Kier alpha value is -0.440. The molecule has 0 spiro atoms. The highest BCUT2D eigenvalue weighted by atomic mass is 35.5. The number of nitrogens with one attached hydrogen (secondary N) is 1. The van der Waals surface area contributed by atoms with E-state index >= 15 is 0 Å². The normalized spacial score (nSPS) is 26.0. The number of hydrogen-bond acceptors (Lipinski definition) is 2. The van der Waals surface area contributed by atoms with Crippen LogP contribution in [0.5, 0.6) is 0 Å². The van der Waals surface area contributed by atoms with Gasteiger partial charge in [-0.3, -0.25) is 0 Å². The molecule has 2 aliphatic rings. The van der Waals surface area contributed by atoms with Crippen molar-refractivity contribution in [1.82, 2.24) is 5.32 Å². The van der Waals surface area contributed by atoms with Crippen LogP contribution in [0.2, 0.25) is 0 Å². The smallest absolute Gasteiger partial charge is 0.0316 e. The monoisotopic (exact) mass is 260 g/mol. The highest BCUT2D eigenvalue weighted by Gasteiger charge is 2.33. The van der Waals surface area contributed by atoms with Crippen molar-refractivity contribution in [1.29, 1.82) is 0 Å². The lowest BCUT2D eigenvalue weighted by Crippen LogP contribution is -2.37. The molecular formula is C12H18Cl2N2. The van der Waals surface area contributed by atoms with E-state index in [1.165, 1.54) is 36.9 Å². The lowest BCUT2D eigenvalue weighted by Gasteiger charge is -2.26. The average molecular weight is 261 g/mol. The molecule has 0 amide bonds. The number of rotatable bonds is 0. The molecule has 1 aromatic carbocycles. The summed E-state index contributed by atoms with van der Waals surface area (Å²) in [5, 5.41) is 3.61. The summed E-state index contributed by atoms with van der Waals surface area (Å²) in [6, 6.07) is 7.09. The molecule has 1 aromatic rings. The molecule has 0 bridgehead atoms. The van der Waals surface area contributed by atoms with Gasteiger partial charge in [0, 0.05) is 11.7 Å². The first kappa shape index (κ1) is 13.6. The fraction of sp³-hybridized carbons (Fsp3) is 0.500. The molecule has 0 unspecified atom stereocenters. The average Bonchev–Trinajstić information content (AvgIpc) is 2.54. The van der Waals surface area contributed by atoms with Crippen LogP contribution in [0.1, 0.15) is 29.9 Å². The molecule has 0 saturated carbocycles. The van der Waals surface area contributed by atoms with Gasteiger partial charge in [-0.05, 0) is 55.0 Å². The number of piperidine rings is 1. The van der Waals surface area contributed by atoms with Gasteiger partial charge in [-0.1, -0.05) is 6.07 Å². The summed E-state index contributed by atoms with van der Waals surface area (Å²) in [6.07, 6.45) is 3.82. The van der Waals surface area contributed by atoms with Crippen molar-refractivity contribution in [3.63, 3.8) is 0 Å². The Morgan fingerprint density at radius 2 is 2.06 bits per heavy atom. The molecule has 3 rings (SSSR count). The third-order valence-corrected chi connectivity index (χ3v) is 3.59. The van der Waals surface area contributed by atoms with Gasteiger partial charge in [0.25, 0.3) is 0 Å². The van der Waals surface area contributed by atoms with E-state index in [0.29, 0.717) is 6.04 Å². The maximum atomic E-state index is 5.80. The van der Waals surface area contributed by atoms with E-state index in [9.17, 15) is 0 Å². The van der Waals surface area contributed by atoms with Crippen molar-refractivity contribution in [3.05, 3.63) is 29.3 Å². The summed E-state index contributed by atoms with van der Waals surface area (Å²) < 4.78 is 0. The summed E-state index contributed by atoms with van der Waals surface area (Å²) in [4.78, 5) is 0. The molecule has 4 heteroatoms. The Balaban J connectivity index is 0.000000640. The number of nitrogen functional groups attached to an aromatic ring is 1. The van der Waals surface area contributed by atoms with Gasteiger partial charge in [0.2, 0.25) is 0 Å². The molecule has 1 fully saturated rings. The third-order valence-electron chi connectivity index (χ3n) is 3.59. The topological polar surface area (TPSA) is 38.0 Å². The first-order valence-electron chi connectivity index (χ1n) is 5.46. The van der Waals surface area contributed by atoms with E-state index in [4.69, 9.17) is 5.73 Å². The number of hydrogen-bond donors (Lipinski definition) is 2. The van der Waals surface area contributed by atoms with Gasteiger partial charge in [0.15, 0.2) is 0 Å². The van der Waals surface area contributed by atoms with E-state index in [-0.39, 0.29) is 24.8 Å². The molecular weight excluding hydrogens is 243 g/mol. The number of benzene rings is 1. The van der Waals surface area contributed by atoms with Crippen molar-refractivity contribution in [2.45, 2.75) is 31.2 Å². The molecule has 1 aliphatic carbocycles. The van der Waals surface area contributed by atoms with E-state index in [0.717, 1.165) is 11.6 Å². The minimum absolute atomic E-state index is 0. The SMILES string of the molecule is Cl.Cl.Nc1ccc2c(c1)C[C@H]1NCCC[C@@H]21. The van der Waals surface area contributed by atoms with Crippen molar-refractivity contribution in [3.8, 4) is 0 Å². The number of halogens is 2. The summed E-state index contributed by atoms with van der Waals surface area (Å²) in [7, 11) is 0. The number of nitrogens with two attached hydrogens (primary N) is 1. The maximum Gasteiger partial charge on any atom is 0.0316 e. The fourth-order valence-electron chi connectivity index (χ4n) is 2.94. The first-order valence-corrected chi connectivity index (χ1v) is 5.46. The van der Waals surface area contributed by atoms with Crippen LogP contribution in [0.3, 0.4) is 0 Å². The van der Waals surface area contributed by atoms with E-state index in [1.807, 2.05) is 6.07 Å². The van der Waals surface area contributed by atoms with Crippen LogP contribution in [-0.2, 0) is 6.42 Å². The van der Waals surface area contributed by atoms with Gasteiger partial charge in [-0.15, -0.1) is 24.8 Å². The predicted molar refractivity (Wildman–Crippen MR) is 72.8 cm³/mol. The van der Waals surface area contributed by atoms with Crippen LogP contribution in [0.4, 0.5) is 5.69 Å². The Morgan fingerprint density at radius 1 is 1.25 bits per heavy atom. The zero-order valence-corrected chi connectivity index (χ0v) is 10.7. The molecule has 90 valence electrons. The van der Waals surface area contributed by atoms with E-state index in [1.54, 1.807) is 0 Å². The van der Waals surface area contributed by atoms with Crippen LogP contribution >= 0.6 is 24.8 Å². The molecule has 2 atom stereocenters. The van der Waals surface area contributed by atoms with Gasteiger partial charge < -0.3 is 11.1 Å². The summed E-state index contributed by atoms with van der Waals surface area (Å²) in [5.74, 6) is 0.749. The quantitative estimate of drug-likeness (QED) is 0.704.